The van der Waals surface area contributed by atoms with E-state index >= 15 is 0 Å². The third kappa shape index (κ3) is 3.95. The average molecular weight is 334 g/mol. The molecule has 2 aliphatic heterocycles. The number of aromatic amines is 1. The van der Waals surface area contributed by atoms with E-state index in [0.29, 0.717) is 32.1 Å². The molecule has 1 N–H and O–H groups in total. The molecule has 1 unspecified atom stereocenters. The van der Waals surface area contributed by atoms with Crippen LogP contribution in [0.5, 0.6) is 0 Å². The summed E-state index contributed by atoms with van der Waals surface area (Å²) in [4.78, 5) is 35.7. The Morgan fingerprint density at radius 3 is 2.71 bits per heavy atom. The van der Waals surface area contributed by atoms with E-state index in [2.05, 4.69) is 9.88 Å². The molecular weight excluding hydrogens is 308 g/mol. The van der Waals surface area contributed by atoms with E-state index in [0.717, 1.165) is 31.6 Å². The van der Waals surface area contributed by atoms with Crippen molar-refractivity contribution in [3.8, 4) is 0 Å². The molecule has 3 rings (SSSR count). The van der Waals surface area contributed by atoms with Gasteiger partial charge in [-0.1, -0.05) is 12.8 Å². The Labute approximate surface area is 142 Å². The number of carbonyl (C=O) groups is 1. The van der Waals surface area contributed by atoms with Crippen molar-refractivity contribution in [2.24, 2.45) is 0 Å². The number of H-pyrrole nitrogens is 1. The fraction of sp³-hybridized carbons (Fsp3) is 0.706. The smallest absolute Gasteiger partial charge is 0.252 e. The summed E-state index contributed by atoms with van der Waals surface area (Å²) in [6.45, 7) is 3.58. The molecule has 0 radical (unpaired) electrons. The number of likely N-dealkylation sites (tertiary alicyclic amines) is 1. The van der Waals surface area contributed by atoms with Crippen LogP contribution in [0.2, 0.25) is 0 Å². The van der Waals surface area contributed by atoms with Crippen LogP contribution in [-0.4, -0.2) is 60.7 Å². The maximum absolute atomic E-state index is 12.1. The van der Waals surface area contributed by atoms with Crippen molar-refractivity contribution in [2.45, 2.75) is 38.0 Å². The second-order valence-electron chi connectivity index (χ2n) is 6.63. The summed E-state index contributed by atoms with van der Waals surface area (Å²) in [5.74, 6) is 0.750. The zero-order valence-corrected chi connectivity index (χ0v) is 14.3. The van der Waals surface area contributed by atoms with Crippen LogP contribution >= 0.6 is 0 Å². The minimum absolute atomic E-state index is 0.0117. The molecule has 2 fully saturated rings. The topological polar surface area (TPSA) is 78.5 Å². The molecule has 132 valence electrons. The summed E-state index contributed by atoms with van der Waals surface area (Å²) in [7, 11) is 1.63. The first-order chi connectivity index (χ1) is 11.7. The van der Waals surface area contributed by atoms with Gasteiger partial charge in [0.25, 0.3) is 5.56 Å². The highest BCUT2D eigenvalue weighted by molar-refractivity contribution is 5.79. The molecule has 24 heavy (non-hydrogen) atoms. The summed E-state index contributed by atoms with van der Waals surface area (Å²) >= 11 is 0. The number of hydrogen-bond donors (Lipinski definition) is 1. The highest BCUT2D eigenvalue weighted by atomic mass is 16.5. The lowest BCUT2D eigenvalue weighted by Gasteiger charge is -2.22. The number of hydrogen-bond acceptors (Lipinski definition) is 5. The van der Waals surface area contributed by atoms with Crippen molar-refractivity contribution in [3.63, 3.8) is 0 Å². The third-order valence-corrected chi connectivity index (χ3v) is 4.85. The summed E-state index contributed by atoms with van der Waals surface area (Å²) in [6.07, 6.45) is 5.12. The van der Waals surface area contributed by atoms with Crippen molar-refractivity contribution in [3.05, 3.63) is 22.1 Å². The number of aromatic nitrogens is 2. The minimum atomic E-state index is -0.137. The molecule has 0 bridgehead atoms. The van der Waals surface area contributed by atoms with Gasteiger partial charge in [-0.2, -0.15) is 0 Å². The van der Waals surface area contributed by atoms with Gasteiger partial charge in [-0.05, 0) is 12.8 Å². The van der Waals surface area contributed by atoms with Gasteiger partial charge < -0.3 is 14.5 Å². The normalized spacial score (nSPS) is 22.0. The van der Waals surface area contributed by atoms with Crippen molar-refractivity contribution in [1.82, 2.24) is 14.9 Å². The van der Waals surface area contributed by atoms with Crippen LogP contribution in [0.15, 0.2) is 10.9 Å². The van der Waals surface area contributed by atoms with E-state index < -0.39 is 0 Å². The second kappa shape index (κ2) is 7.79. The van der Waals surface area contributed by atoms with E-state index in [9.17, 15) is 9.59 Å². The molecule has 3 heterocycles. The van der Waals surface area contributed by atoms with Crippen LogP contribution < -0.4 is 10.5 Å². The van der Waals surface area contributed by atoms with E-state index in [1.54, 1.807) is 18.1 Å². The van der Waals surface area contributed by atoms with Gasteiger partial charge in [0.1, 0.15) is 0 Å². The average Bonchev–Trinajstić information content (AvgIpc) is 2.77. The van der Waals surface area contributed by atoms with Crippen LogP contribution in [-0.2, 0) is 9.53 Å². The van der Waals surface area contributed by atoms with Crippen molar-refractivity contribution in [1.29, 1.82) is 0 Å². The Balaban J connectivity index is 1.76. The Morgan fingerprint density at radius 2 is 2.00 bits per heavy atom. The highest BCUT2D eigenvalue weighted by Gasteiger charge is 2.31. The molecule has 2 saturated heterocycles. The van der Waals surface area contributed by atoms with E-state index in [-0.39, 0.29) is 17.4 Å². The van der Waals surface area contributed by atoms with E-state index in [1.807, 2.05) is 0 Å². The van der Waals surface area contributed by atoms with Crippen LogP contribution in [0.1, 0.15) is 43.7 Å². The number of rotatable bonds is 5. The molecule has 1 aromatic heterocycles. The highest BCUT2D eigenvalue weighted by Crippen LogP contribution is 2.27. The summed E-state index contributed by atoms with van der Waals surface area (Å²) < 4.78 is 5.05. The van der Waals surface area contributed by atoms with Crippen LogP contribution in [0, 0.1) is 0 Å². The largest absolute Gasteiger partial charge is 0.383 e. The monoisotopic (exact) mass is 334 g/mol. The number of nitrogens with one attached hydrogen (secondary N) is 1. The third-order valence-electron chi connectivity index (χ3n) is 4.85. The van der Waals surface area contributed by atoms with Gasteiger partial charge in [0, 0.05) is 51.7 Å². The molecule has 7 heteroatoms. The first-order valence-corrected chi connectivity index (χ1v) is 8.80. The molecule has 2 aliphatic rings. The maximum atomic E-state index is 12.1. The predicted molar refractivity (Wildman–Crippen MR) is 91.4 cm³/mol. The second-order valence-corrected chi connectivity index (χ2v) is 6.63. The Bertz CT molecular complexity index is 623. The van der Waals surface area contributed by atoms with Gasteiger partial charge in [0.2, 0.25) is 11.9 Å². The predicted octanol–water partition coefficient (Wildman–Crippen LogP) is 1.11. The lowest BCUT2D eigenvalue weighted by molar-refractivity contribution is -0.128. The number of nitrogens with zero attached hydrogens (tertiary/aromatic N) is 3. The van der Waals surface area contributed by atoms with Gasteiger partial charge in [0.05, 0.1) is 12.3 Å². The van der Waals surface area contributed by atoms with Gasteiger partial charge in [-0.3, -0.25) is 14.6 Å². The first-order valence-electron chi connectivity index (χ1n) is 8.80. The van der Waals surface area contributed by atoms with Gasteiger partial charge >= 0.3 is 0 Å². The zero-order chi connectivity index (χ0) is 16.9. The lowest BCUT2D eigenvalue weighted by Crippen LogP contribution is -2.30. The van der Waals surface area contributed by atoms with Gasteiger partial charge in [0.15, 0.2) is 0 Å². The number of ether oxygens (including phenoxy) is 1. The molecule has 1 atom stereocenters. The summed E-state index contributed by atoms with van der Waals surface area (Å²) in [5, 5.41) is 0. The molecule has 0 saturated carbocycles. The first kappa shape index (κ1) is 17.0. The fourth-order valence-electron chi connectivity index (χ4n) is 3.49. The van der Waals surface area contributed by atoms with Crippen LogP contribution in [0.25, 0.3) is 0 Å². The van der Waals surface area contributed by atoms with Crippen molar-refractivity contribution < 1.29 is 9.53 Å². The molecule has 1 aromatic rings. The SMILES string of the molecule is COCCN1CC(c2cc(=O)[nH]c(N3CCCCCC3)n2)CC1=O. The molecule has 7 nitrogen and oxygen atoms in total. The molecule has 0 spiro atoms. The minimum Gasteiger partial charge on any atom is -0.383 e. The van der Waals surface area contributed by atoms with Crippen molar-refractivity contribution >= 4 is 11.9 Å². The quantitative estimate of drug-likeness (QED) is 0.873. The molecular formula is C17H26N4O3. The van der Waals surface area contributed by atoms with Gasteiger partial charge in [-0.15, -0.1) is 0 Å². The molecule has 0 aromatic carbocycles. The van der Waals surface area contributed by atoms with Crippen LogP contribution in [0.3, 0.4) is 0 Å². The van der Waals surface area contributed by atoms with E-state index in [1.165, 1.54) is 12.8 Å². The van der Waals surface area contributed by atoms with Crippen molar-refractivity contribution in [2.75, 3.05) is 44.8 Å². The van der Waals surface area contributed by atoms with E-state index in [4.69, 9.17) is 9.72 Å². The Hall–Kier alpha value is -1.89. The van der Waals surface area contributed by atoms with Gasteiger partial charge in [-0.25, -0.2) is 4.98 Å². The van der Waals surface area contributed by atoms with Crippen LogP contribution in [0.4, 0.5) is 5.95 Å². The molecule has 1 amide bonds. The Morgan fingerprint density at radius 1 is 1.25 bits per heavy atom. The summed E-state index contributed by atoms with van der Waals surface area (Å²) in [5.41, 5.74) is 0.591. The lowest BCUT2D eigenvalue weighted by atomic mass is 10.0. The standard InChI is InChI=1S/C17H26N4O3/c1-24-9-8-21-12-13(10-16(21)23)14-11-15(22)19-17(18-14)20-6-4-2-3-5-7-20/h11,13H,2-10,12H2,1H3,(H,18,19,22). The number of anilines is 1. The number of carbonyl (C=O) groups excluding carboxylic acids is 1. The fourth-order valence-corrected chi connectivity index (χ4v) is 3.49. The zero-order valence-electron chi connectivity index (χ0n) is 14.3. The number of amides is 1. The molecule has 0 aliphatic carbocycles. The number of methoxy groups -OCH3 is 1. The summed E-state index contributed by atoms with van der Waals surface area (Å²) in [6, 6.07) is 1.54. The maximum Gasteiger partial charge on any atom is 0.252 e. The Kier molecular flexibility index (Phi) is 5.50.